The summed E-state index contributed by atoms with van der Waals surface area (Å²) in [5.41, 5.74) is 7.11. The van der Waals surface area contributed by atoms with E-state index in [0.29, 0.717) is 4.99 Å². The molecule has 1 aromatic carbocycles. The largest absolute Gasteiger partial charge is 0.389 e. The number of rotatable bonds is 5. The molecular formula is C14H19N3O2S. The fraction of sp³-hybridized carbons (Fsp3) is 0.357. The van der Waals surface area contributed by atoms with E-state index in [1.807, 2.05) is 0 Å². The van der Waals surface area contributed by atoms with E-state index < -0.39 is 6.04 Å². The Morgan fingerprint density at radius 1 is 1.30 bits per heavy atom. The van der Waals surface area contributed by atoms with E-state index in [1.165, 1.54) is 4.90 Å². The monoisotopic (exact) mass is 293 g/mol. The number of hydrogen-bond acceptors (Lipinski definition) is 3. The summed E-state index contributed by atoms with van der Waals surface area (Å²) in [6.45, 7) is 1.66. The molecule has 1 rings (SSSR count). The summed E-state index contributed by atoms with van der Waals surface area (Å²) in [7, 11) is 3.30. The molecule has 5 nitrogen and oxygen atoms in total. The minimum atomic E-state index is -0.534. The lowest BCUT2D eigenvalue weighted by molar-refractivity contribution is -0.133. The molecule has 3 N–H and O–H groups in total. The Kier molecular flexibility index (Phi) is 5.64. The van der Waals surface area contributed by atoms with Crippen molar-refractivity contribution >= 4 is 29.0 Å². The molecule has 20 heavy (non-hydrogen) atoms. The van der Waals surface area contributed by atoms with Crippen LogP contribution in [0.2, 0.25) is 0 Å². The highest BCUT2D eigenvalue weighted by Crippen LogP contribution is 2.05. The normalized spacial score (nSPS) is 11.6. The van der Waals surface area contributed by atoms with Gasteiger partial charge in [-0.05, 0) is 12.5 Å². The first kappa shape index (κ1) is 16.1. The Hall–Kier alpha value is -1.95. The van der Waals surface area contributed by atoms with Crippen LogP contribution in [0.25, 0.3) is 0 Å². The van der Waals surface area contributed by atoms with Crippen molar-refractivity contribution in [3.05, 3.63) is 35.4 Å². The molecule has 108 valence electrons. The lowest BCUT2D eigenvalue weighted by atomic mass is 10.1. The third-order valence-electron chi connectivity index (χ3n) is 2.79. The van der Waals surface area contributed by atoms with Crippen LogP contribution in [-0.2, 0) is 16.0 Å². The topological polar surface area (TPSA) is 75.4 Å². The zero-order valence-electron chi connectivity index (χ0n) is 11.8. The van der Waals surface area contributed by atoms with E-state index in [2.05, 4.69) is 5.32 Å². The number of likely N-dealkylation sites (N-methyl/N-ethyl adjacent to an activating group) is 1. The van der Waals surface area contributed by atoms with Gasteiger partial charge in [-0.1, -0.05) is 36.5 Å². The predicted octanol–water partition coefficient (Wildman–Crippen LogP) is 0.456. The maximum atomic E-state index is 11.8. The lowest BCUT2D eigenvalue weighted by Gasteiger charge is -2.18. The highest BCUT2D eigenvalue weighted by atomic mass is 32.1. The van der Waals surface area contributed by atoms with Crippen molar-refractivity contribution in [3.8, 4) is 0 Å². The molecule has 1 aromatic rings. The molecule has 0 aliphatic rings. The van der Waals surface area contributed by atoms with Crippen molar-refractivity contribution in [3.63, 3.8) is 0 Å². The SMILES string of the molecule is CC(NC(=O)Cc1ccc(C(N)=S)cc1)C(=O)N(C)C. The van der Waals surface area contributed by atoms with E-state index in [-0.39, 0.29) is 18.2 Å². The number of nitrogens with one attached hydrogen (secondary N) is 1. The number of hydrogen-bond donors (Lipinski definition) is 2. The first-order valence-electron chi connectivity index (χ1n) is 6.20. The van der Waals surface area contributed by atoms with Crippen LogP contribution in [0.1, 0.15) is 18.1 Å². The molecule has 1 atom stereocenters. The molecular weight excluding hydrogens is 274 g/mol. The van der Waals surface area contributed by atoms with Crippen molar-refractivity contribution in [2.75, 3.05) is 14.1 Å². The Balaban J connectivity index is 2.58. The quantitative estimate of drug-likeness (QED) is 0.773. The van der Waals surface area contributed by atoms with Gasteiger partial charge < -0.3 is 16.0 Å². The highest BCUT2D eigenvalue weighted by Gasteiger charge is 2.17. The van der Waals surface area contributed by atoms with Crippen LogP contribution in [0, 0.1) is 0 Å². The van der Waals surface area contributed by atoms with Gasteiger partial charge in [-0.2, -0.15) is 0 Å². The lowest BCUT2D eigenvalue weighted by Crippen LogP contribution is -2.44. The van der Waals surface area contributed by atoms with Gasteiger partial charge in [0.05, 0.1) is 6.42 Å². The smallest absolute Gasteiger partial charge is 0.244 e. The minimum Gasteiger partial charge on any atom is -0.389 e. The van der Waals surface area contributed by atoms with Gasteiger partial charge in [0.15, 0.2) is 0 Å². The van der Waals surface area contributed by atoms with Gasteiger partial charge in [-0.15, -0.1) is 0 Å². The molecule has 0 heterocycles. The number of carbonyl (C=O) groups excluding carboxylic acids is 2. The second kappa shape index (κ2) is 7.00. The van der Waals surface area contributed by atoms with E-state index in [0.717, 1.165) is 11.1 Å². The molecule has 1 unspecified atom stereocenters. The van der Waals surface area contributed by atoms with Crippen molar-refractivity contribution < 1.29 is 9.59 Å². The Morgan fingerprint density at radius 2 is 1.85 bits per heavy atom. The summed E-state index contributed by atoms with van der Waals surface area (Å²) in [6.07, 6.45) is 0.211. The van der Waals surface area contributed by atoms with Crippen LogP contribution in [0.3, 0.4) is 0 Å². The first-order chi connectivity index (χ1) is 9.31. The number of nitrogens with two attached hydrogens (primary N) is 1. The van der Waals surface area contributed by atoms with Gasteiger partial charge >= 0.3 is 0 Å². The van der Waals surface area contributed by atoms with Crippen LogP contribution < -0.4 is 11.1 Å². The zero-order chi connectivity index (χ0) is 15.3. The van der Waals surface area contributed by atoms with Gasteiger partial charge in [0.25, 0.3) is 0 Å². The van der Waals surface area contributed by atoms with E-state index in [4.69, 9.17) is 18.0 Å². The molecule has 0 aromatic heterocycles. The zero-order valence-corrected chi connectivity index (χ0v) is 12.7. The van der Waals surface area contributed by atoms with Crippen LogP contribution in [0.15, 0.2) is 24.3 Å². The van der Waals surface area contributed by atoms with Crippen LogP contribution in [-0.4, -0.2) is 41.8 Å². The maximum absolute atomic E-state index is 11.8. The number of nitrogens with zero attached hydrogens (tertiary/aromatic N) is 1. The molecule has 0 radical (unpaired) electrons. The summed E-state index contributed by atoms with van der Waals surface area (Å²) in [4.78, 5) is 25.2. The molecule has 6 heteroatoms. The van der Waals surface area contributed by atoms with Crippen molar-refractivity contribution in [1.29, 1.82) is 0 Å². The average molecular weight is 293 g/mol. The van der Waals surface area contributed by atoms with Gasteiger partial charge in [0, 0.05) is 19.7 Å². The van der Waals surface area contributed by atoms with Crippen LogP contribution >= 0.6 is 12.2 Å². The number of benzene rings is 1. The number of amides is 2. The van der Waals surface area contributed by atoms with Gasteiger partial charge in [-0.25, -0.2) is 0 Å². The van der Waals surface area contributed by atoms with Crippen molar-refractivity contribution in [1.82, 2.24) is 10.2 Å². The number of carbonyl (C=O) groups is 2. The van der Waals surface area contributed by atoms with E-state index in [9.17, 15) is 9.59 Å². The summed E-state index contributed by atoms with van der Waals surface area (Å²) < 4.78 is 0. The molecule has 2 amide bonds. The van der Waals surface area contributed by atoms with Crippen molar-refractivity contribution in [2.24, 2.45) is 5.73 Å². The van der Waals surface area contributed by atoms with Crippen LogP contribution in [0.4, 0.5) is 0 Å². The standard InChI is InChI=1S/C14H19N3O2S/c1-9(14(19)17(2)3)16-12(18)8-10-4-6-11(7-5-10)13(15)20/h4-7,9H,8H2,1-3H3,(H2,15,20)(H,16,18). The summed E-state index contributed by atoms with van der Waals surface area (Å²) in [5.74, 6) is -0.335. The Morgan fingerprint density at radius 3 is 2.30 bits per heavy atom. The summed E-state index contributed by atoms with van der Waals surface area (Å²) >= 11 is 4.86. The Bertz CT molecular complexity index is 512. The van der Waals surface area contributed by atoms with Crippen LogP contribution in [0.5, 0.6) is 0 Å². The van der Waals surface area contributed by atoms with Gasteiger partial charge in [-0.3, -0.25) is 9.59 Å². The second-order valence-corrected chi connectivity index (χ2v) is 5.20. The summed E-state index contributed by atoms with van der Waals surface area (Å²) in [6, 6.07) is 6.62. The third kappa shape index (κ3) is 4.62. The molecule has 0 bridgehead atoms. The van der Waals surface area contributed by atoms with Gasteiger partial charge in [0.1, 0.15) is 11.0 Å². The number of thiocarbonyl (C=S) groups is 1. The van der Waals surface area contributed by atoms with E-state index in [1.54, 1.807) is 45.3 Å². The van der Waals surface area contributed by atoms with E-state index >= 15 is 0 Å². The second-order valence-electron chi connectivity index (χ2n) is 4.76. The fourth-order valence-electron chi connectivity index (χ4n) is 1.71. The first-order valence-corrected chi connectivity index (χ1v) is 6.61. The maximum Gasteiger partial charge on any atom is 0.244 e. The molecule has 0 fully saturated rings. The fourth-order valence-corrected chi connectivity index (χ4v) is 1.85. The average Bonchev–Trinajstić information content (AvgIpc) is 2.37. The molecule has 0 spiro atoms. The third-order valence-corrected chi connectivity index (χ3v) is 3.03. The minimum absolute atomic E-state index is 0.137. The predicted molar refractivity (Wildman–Crippen MR) is 82.3 cm³/mol. The molecule has 0 saturated carbocycles. The molecule has 0 saturated heterocycles. The van der Waals surface area contributed by atoms with Gasteiger partial charge in [0.2, 0.25) is 11.8 Å². The summed E-state index contributed by atoms with van der Waals surface area (Å²) in [5, 5.41) is 2.67. The highest BCUT2D eigenvalue weighted by molar-refractivity contribution is 7.80. The molecule has 0 aliphatic carbocycles. The van der Waals surface area contributed by atoms with Crippen molar-refractivity contribution in [2.45, 2.75) is 19.4 Å². The Labute approximate surface area is 124 Å². The molecule has 0 aliphatic heterocycles.